The van der Waals surface area contributed by atoms with Crippen molar-refractivity contribution in [3.8, 4) is 5.75 Å². The second kappa shape index (κ2) is 9.18. The predicted octanol–water partition coefficient (Wildman–Crippen LogP) is 4.65. The molecule has 5 nitrogen and oxygen atoms in total. The number of rotatable bonds is 6. The first-order valence-electron chi connectivity index (χ1n) is 11.0. The molecular weight excluding hydrogens is 395 g/mol. The fourth-order valence-corrected chi connectivity index (χ4v) is 4.94. The maximum absolute atomic E-state index is 13.0. The van der Waals surface area contributed by atoms with Crippen molar-refractivity contribution in [3.05, 3.63) is 65.0 Å². The van der Waals surface area contributed by atoms with Crippen molar-refractivity contribution in [2.24, 2.45) is 0 Å². The number of halogens is 1. The SMILES string of the molecule is CN(C)C(=O)Oc1cccc2c1CC[C@@H]1[C@H]2CCN1CCCC(=O)c1ccc(F)cc1. The molecule has 1 aliphatic carbocycles. The van der Waals surface area contributed by atoms with E-state index in [0.29, 0.717) is 29.7 Å². The van der Waals surface area contributed by atoms with E-state index in [0.717, 1.165) is 44.3 Å². The van der Waals surface area contributed by atoms with Crippen molar-refractivity contribution >= 4 is 11.9 Å². The number of likely N-dealkylation sites (tertiary alicyclic amines) is 1. The number of ketones is 1. The number of hydrogen-bond donors (Lipinski definition) is 0. The lowest BCUT2D eigenvalue weighted by Crippen LogP contribution is -2.36. The lowest BCUT2D eigenvalue weighted by Gasteiger charge is -2.34. The highest BCUT2D eigenvalue weighted by Gasteiger charge is 2.39. The van der Waals surface area contributed by atoms with Crippen LogP contribution in [0.1, 0.15) is 53.1 Å². The van der Waals surface area contributed by atoms with Crippen molar-refractivity contribution in [1.82, 2.24) is 9.80 Å². The van der Waals surface area contributed by atoms with Crippen molar-refractivity contribution < 1.29 is 18.7 Å². The van der Waals surface area contributed by atoms with E-state index in [-0.39, 0.29) is 17.7 Å². The summed E-state index contributed by atoms with van der Waals surface area (Å²) in [5, 5.41) is 0. The number of fused-ring (bicyclic) bond motifs is 3. The van der Waals surface area contributed by atoms with Crippen LogP contribution in [0.25, 0.3) is 0 Å². The molecule has 0 N–H and O–H groups in total. The fourth-order valence-electron chi connectivity index (χ4n) is 4.94. The second-order valence-corrected chi connectivity index (χ2v) is 8.66. The van der Waals surface area contributed by atoms with Gasteiger partial charge < -0.3 is 9.64 Å². The Morgan fingerprint density at radius 3 is 2.65 bits per heavy atom. The van der Waals surface area contributed by atoms with Gasteiger partial charge in [-0.1, -0.05) is 12.1 Å². The highest BCUT2D eigenvalue weighted by atomic mass is 19.1. The van der Waals surface area contributed by atoms with Gasteiger partial charge >= 0.3 is 6.09 Å². The van der Waals surface area contributed by atoms with E-state index in [4.69, 9.17) is 4.74 Å². The highest BCUT2D eigenvalue weighted by Crippen LogP contribution is 2.44. The van der Waals surface area contributed by atoms with Crippen LogP contribution >= 0.6 is 0 Å². The number of benzene rings is 2. The molecule has 6 heteroatoms. The quantitative estimate of drug-likeness (QED) is 0.633. The van der Waals surface area contributed by atoms with Crippen LogP contribution in [0, 0.1) is 5.82 Å². The number of hydrogen-bond acceptors (Lipinski definition) is 4. The van der Waals surface area contributed by atoms with Crippen LogP contribution in [0.4, 0.5) is 9.18 Å². The van der Waals surface area contributed by atoms with Crippen molar-refractivity contribution in [1.29, 1.82) is 0 Å². The third-order valence-corrected chi connectivity index (χ3v) is 6.50. The monoisotopic (exact) mass is 424 g/mol. The van der Waals surface area contributed by atoms with Crippen LogP contribution in [0.3, 0.4) is 0 Å². The number of amides is 1. The minimum absolute atomic E-state index is 0.0667. The molecule has 1 aliphatic heterocycles. The Morgan fingerprint density at radius 2 is 1.90 bits per heavy atom. The molecule has 0 spiro atoms. The maximum Gasteiger partial charge on any atom is 0.414 e. The van der Waals surface area contributed by atoms with Gasteiger partial charge in [-0.15, -0.1) is 0 Å². The van der Waals surface area contributed by atoms with E-state index >= 15 is 0 Å². The van der Waals surface area contributed by atoms with Gasteiger partial charge in [-0.05, 0) is 80.2 Å². The highest BCUT2D eigenvalue weighted by molar-refractivity contribution is 5.95. The Kier molecular flexibility index (Phi) is 6.37. The summed E-state index contributed by atoms with van der Waals surface area (Å²) in [6, 6.07) is 12.3. The van der Waals surface area contributed by atoms with Gasteiger partial charge in [-0.3, -0.25) is 9.69 Å². The Hall–Kier alpha value is -2.73. The molecule has 0 unspecified atom stereocenters. The van der Waals surface area contributed by atoms with Gasteiger partial charge in [-0.25, -0.2) is 9.18 Å². The van der Waals surface area contributed by atoms with Crippen LogP contribution in [0.2, 0.25) is 0 Å². The van der Waals surface area contributed by atoms with Crippen LogP contribution in [0.15, 0.2) is 42.5 Å². The van der Waals surface area contributed by atoms with Gasteiger partial charge in [0.1, 0.15) is 11.6 Å². The summed E-state index contributed by atoms with van der Waals surface area (Å²) in [4.78, 5) is 28.3. The third kappa shape index (κ3) is 4.64. The van der Waals surface area contributed by atoms with Gasteiger partial charge in [0.05, 0.1) is 0 Å². The first kappa shape index (κ1) is 21.5. The van der Waals surface area contributed by atoms with Gasteiger partial charge in [0.2, 0.25) is 0 Å². The molecule has 0 bridgehead atoms. The van der Waals surface area contributed by atoms with Crippen LogP contribution in [-0.4, -0.2) is 54.9 Å². The first-order chi connectivity index (χ1) is 14.9. The van der Waals surface area contributed by atoms with Crippen LogP contribution in [-0.2, 0) is 6.42 Å². The summed E-state index contributed by atoms with van der Waals surface area (Å²) in [6.45, 7) is 1.90. The Labute approximate surface area is 182 Å². The average Bonchev–Trinajstić information content (AvgIpc) is 3.17. The summed E-state index contributed by atoms with van der Waals surface area (Å²) < 4.78 is 18.7. The standard InChI is InChI=1S/C25H29FN2O3/c1-27(2)25(30)31-24-7-3-5-19-20-14-16-28(22(20)13-12-21(19)24)15-4-6-23(29)17-8-10-18(26)11-9-17/h3,5,7-11,20,22H,4,6,12-16H2,1-2H3/t20-,22+/m0/s1. The molecule has 0 radical (unpaired) electrons. The molecule has 164 valence electrons. The summed E-state index contributed by atoms with van der Waals surface area (Å²) in [5.74, 6) is 0.863. The molecule has 1 heterocycles. The molecule has 2 aromatic carbocycles. The summed E-state index contributed by atoms with van der Waals surface area (Å²) in [6.07, 6.45) is 3.91. The van der Waals surface area contributed by atoms with Crippen molar-refractivity contribution in [2.45, 2.75) is 44.1 Å². The predicted molar refractivity (Wildman–Crippen MR) is 117 cm³/mol. The molecule has 4 rings (SSSR count). The third-order valence-electron chi connectivity index (χ3n) is 6.50. The van der Waals surface area contributed by atoms with E-state index in [1.165, 1.54) is 22.6 Å². The molecule has 0 aromatic heterocycles. The van der Waals surface area contributed by atoms with E-state index in [9.17, 15) is 14.0 Å². The Balaban J connectivity index is 1.37. The van der Waals surface area contributed by atoms with Gasteiger partial charge in [0.15, 0.2) is 5.78 Å². The minimum Gasteiger partial charge on any atom is -0.410 e. The zero-order valence-corrected chi connectivity index (χ0v) is 18.1. The van der Waals surface area contributed by atoms with E-state index in [1.807, 2.05) is 12.1 Å². The number of carbonyl (C=O) groups is 2. The molecular formula is C25H29FN2O3. The molecule has 1 fully saturated rings. The van der Waals surface area contributed by atoms with Crippen molar-refractivity contribution in [3.63, 3.8) is 0 Å². The van der Waals surface area contributed by atoms with Crippen LogP contribution in [0.5, 0.6) is 5.75 Å². The van der Waals surface area contributed by atoms with E-state index < -0.39 is 0 Å². The summed E-state index contributed by atoms with van der Waals surface area (Å²) >= 11 is 0. The molecule has 2 atom stereocenters. The molecule has 1 amide bonds. The van der Waals surface area contributed by atoms with E-state index in [1.54, 1.807) is 26.2 Å². The number of ether oxygens (including phenoxy) is 1. The lowest BCUT2D eigenvalue weighted by atomic mass is 9.79. The number of nitrogens with zero attached hydrogens (tertiary/aromatic N) is 2. The maximum atomic E-state index is 13.0. The number of carbonyl (C=O) groups excluding carboxylic acids is 2. The average molecular weight is 425 g/mol. The number of Topliss-reactive ketones (excluding diaryl/α,β-unsaturated/α-hetero) is 1. The van der Waals surface area contributed by atoms with Crippen molar-refractivity contribution in [2.75, 3.05) is 27.2 Å². The zero-order chi connectivity index (χ0) is 22.0. The van der Waals surface area contributed by atoms with Gasteiger partial charge in [0.25, 0.3) is 0 Å². The minimum atomic E-state index is -0.352. The lowest BCUT2D eigenvalue weighted by molar-refractivity contribution is 0.0972. The van der Waals surface area contributed by atoms with Gasteiger partial charge in [-0.2, -0.15) is 0 Å². The molecule has 2 aromatic rings. The largest absolute Gasteiger partial charge is 0.414 e. The Bertz CT molecular complexity index is 958. The topological polar surface area (TPSA) is 49.9 Å². The molecule has 0 saturated carbocycles. The van der Waals surface area contributed by atoms with Crippen LogP contribution < -0.4 is 4.74 Å². The second-order valence-electron chi connectivity index (χ2n) is 8.66. The molecule has 31 heavy (non-hydrogen) atoms. The smallest absolute Gasteiger partial charge is 0.410 e. The molecule has 2 aliphatic rings. The normalized spacial score (nSPS) is 20.1. The van der Waals surface area contributed by atoms with E-state index in [2.05, 4.69) is 11.0 Å². The first-order valence-corrected chi connectivity index (χ1v) is 11.0. The Morgan fingerprint density at radius 1 is 1.13 bits per heavy atom. The zero-order valence-electron chi connectivity index (χ0n) is 18.1. The summed E-state index contributed by atoms with van der Waals surface area (Å²) in [5.41, 5.74) is 3.03. The summed E-state index contributed by atoms with van der Waals surface area (Å²) in [7, 11) is 3.37. The molecule has 1 saturated heterocycles. The fraction of sp³-hybridized carbons (Fsp3) is 0.440. The van der Waals surface area contributed by atoms with Gasteiger partial charge in [0, 0.05) is 38.0 Å².